The van der Waals surface area contributed by atoms with Gasteiger partial charge in [0, 0.05) is 34.1 Å². The largest absolute Gasteiger partial charge is 0.493 e. The van der Waals surface area contributed by atoms with Crippen LogP contribution in [0.1, 0.15) is 22.3 Å². The van der Waals surface area contributed by atoms with Crippen LogP contribution in [0.15, 0.2) is 101 Å². The minimum Gasteiger partial charge on any atom is -0.493 e. The molecule has 1 N–H and O–H groups in total. The lowest BCUT2D eigenvalue weighted by Crippen LogP contribution is -2.19. The summed E-state index contributed by atoms with van der Waals surface area (Å²) >= 11 is 6.34. The van der Waals surface area contributed by atoms with E-state index in [-0.39, 0.29) is 0 Å². The molecule has 0 unspecified atom stereocenters. The summed E-state index contributed by atoms with van der Waals surface area (Å²) in [6, 6.07) is 25.1. The van der Waals surface area contributed by atoms with E-state index in [1.165, 1.54) is 0 Å². The first-order valence-electron chi connectivity index (χ1n) is 10.7. The highest BCUT2D eigenvalue weighted by Crippen LogP contribution is 2.33. The van der Waals surface area contributed by atoms with Gasteiger partial charge in [-0.2, -0.15) is 5.10 Å². The molecule has 4 aromatic rings. The maximum atomic E-state index is 6.34. The average molecular weight is 469 g/mol. The molecule has 0 saturated heterocycles. The summed E-state index contributed by atoms with van der Waals surface area (Å²) in [5.74, 6) is 1.86. The van der Waals surface area contributed by atoms with E-state index in [1.54, 1.807) is 19.5 Å². The Morgan fingerprint density at radius 1 is 0.882 bits per heavy atom. The van der Waals surface area contributed by atoms with Crippen molar-refractivity contribution in [1.82, 2.24) is 10.4 Å². The molecule has 168 valence electrons. The van der Waals surface area contributed by atoms with Crippen LogP contribution in [-0.2, 0) is 6.61 Å². The Balaban J connectivity index is 1.50. The third-order valence-electron chi connectivity index (χ3n) is 5.33. The Hall–Kier alpha value is -4.16. The number of methoxy groups -OCH3 is 1. The topological polar surface area (TPSA) is 68.1 Å². The molecule has 0 saturated carbocycles. The minimum absolute atomic E-state index is 0.444. The molecule has 2 heterocycles. The zero-order chi connectivity index (χ0) is 23.3. The molecule has 1 aromatic heterocycles. The van der Waals surface area contributed by atoms with Crippen LogP contribution in [0.4, 0.5) is 5.69 Å². The van der Waals surface area contributed by atoms with Crippen LogP contribution in [-0.4, -0.2) is 23.6 Å². The zero-order valence-electron chi connectivity index (χ0n) is 18.4. The maximum Gasteiger partial charge on any atom is 0.161 e. The summed E-state index contributed by atoms with van der Waals surface area (Å²) in [5.41, 5.74) is 8.08. The number of nitrogens with one attached hydrogen (secondary N) is 1. The van der Waals surface area contributed by atoms with Crippen molar-refractivity contribution in [3.63, 3.8) is 0 Å². The van der Waals surface area contributed by atoms with E-state index in [4.69, 9.17) is 26.1 Å². The number of nitrogens with zero attached hydrogens (tertiary/aromatic N) is 3. The van der Waals surface area contributed by atoms with Gasteiger partial charge in [-0.15, -0.1) is 0 Å². The van der Waals surface area contributed by atoms with Gasteiger partial charge in [-0.05, 0) is 54.1 Å². The second kappa shape index (κ2) is 9.77. The van der Waals surface area contributed by atoms with Gasteiger partial charge >= 0.3 is 0 Å². The van der Waals surface area contributed by atoms with Crippen LogP contribution < -0.4 is 14.9 Å². The number of aromatic nitrogens is 1. The molecule has 0 aliphatic carbocycles. The molecule has 0 fully saturated rings. The fourth-order valence-corrected chi connectivity index (χ4v) is 3.80. The van der Waals surface area contributed by atoms with E-state index < -0.39 is 0 Å². The first kappa shape index (κ1) is 21.7. The predicted molar refractivity (Wildman–Crippen MR) is 134 cm³/mol. The second-order valence-corrected chi connectivity index (χ2v) is 8.01. The summed E-state index contributed by atoms with van der Waals surface area (Å²) < 4.78 is 11.6. The number of rotatable bonds is 6. The molecule has 6 nitrogen and oxygen atoms in total. The van der Waals surface area contributed by atoms with E-state index in [9.17, 15) is 0 Å². The van der Waals surface area contributed by atoms with Crippen molar-refractivity contribution in [2.75, 3.05) is 7.11 Å². The minimum atomic E-state index is 0.444. The molecule has 7 heteroatoms. The molecule has 5 rings (SSSR count). The van der Waals surface area contributed by atoms with Crippen molar-refractivity contribution in [2.24, 2.45) is 10.1 Å². The second-order valence-electron chi connectivity index (χ2n) is 7.58. The van der Waals surface area contributed by atoms with Crippen molar-refractivity contribution in [2.45, 2.75) is 6.61 Å². The Kier molecular flexibility index (Phi) is 6.23. The van der Waals surface area contributed by atoms with Gasteiger partial charge in [0.25, 0.3) is 0 Å². The van der Waals surface area contributed by atoms with Gasteiger partial charge in [-0.1, -0.05) is 41.9 Å². The van der Waals surface area contributed by atoms with Gasteiger partial charge in [0.1, 0.15) is 12.3 Å². The van der Waals surface area contributed by atoms with Crippen LogP contribution >= 0.6 is 11.6 Å². The van der Waals surface area contributed by atoms with Crippen LogP contribution in [0.5, 0.6) is 11.5 Å². The number of pyridine rings is 1. The molecule has 0 atom stereocenters. The fraction of sp³-hybridized carbons (Fsp3) is 0.0741. The number of hydrogen-bond donors (Lipinski definition) is 1. The first-order chi connectivity index (χ1) is 16.7. The average Bonchev–Trinajstić information content (AvgIpc) is 3.08. The van der Waals surface area contributed by atoms with Crippen LogP contribution in [0, 0.1) is 0 Å². The lowest BCUT2D eigenvalue weighted by atomic mass is 10.0. The molecular weight excluding hydrogens is 448 g/mol. The number of hydrazone groups is 1. The summed E-state index contributed by atoms with van der Waals surface area (Å²) in [6.07, 6.45) is 3.46. The number of fused-ring (bicyclic) bond motifs is 1. The molecule has 34 heavy (non-hydrogen) atoms. The lowest BCUT2D eigenvalue weighted by Gasteiger charge is -2.14. The summed E-state index contributed by atoms with van der Waals surface area (Å²) in [6.45, 7) is 0.444. The number of ether oxygens (including phenoxy) is 2. The molecular formula is C27H21ClN4O2. The standard InChI is InChI=1S/C27H21ClN4O2/c1-33-25-14-19(9-12-24(25)34-17-18-6-3-2-4-7-18)26-22-15-21(28)10-11-23(22)30-27(32-31-26)20-8-5-13-29-16-20/h2-16H,17H2,1H3,(H,30,32). The van der Waals surface area contributed by atoms with Gasteiger partial charge in [0.15, 0.2) is 17.3 Å². The van der Waals surface area contributed by atoms with Gasteiger partial charge in [0.05, 0.1) is 12.8 Å². The van der Waals surface area contributed by atoms with Crippen molar-refractivity contribution in [3.8, 4) is 11.5 Å². The fourth-order valence-electron chi connectivity index (χ4n) is 3.63. The van der Waals surface area contributed by atoms with Crippen LogP contribution in [0.25, 0.3) is 0 Å². The van der Waals surface area contributed by atoms with E-state index in [0.29, 0.717) is 34.7 Å². The molecule has 0 amide bonds. The number of hydrogen-bond acceptors (Lipinski definition) is 6. The maximum absolute atomic E-state index is 6.34. The summed E-state index contributed by atoms with van der Waals surface area (Å²) in [5, 5.41) is 5.28. The summed E-state index contributed by atoms with van der Waals surface area (Å²) in [4.78, 5) is 8.97. The van der Waals surface area contributed by atoms with Crippen LogP contribution in [0.3, 0.4) is 0 Å². The number of aliphatic imine (C=N–C) groups is 1. The highest BCUT2D eigenvalue weighted by atomic mass is 35.5. The Labute approximate surface area is 202 Å². The Morgan fingerprint density at radius 3 is 2.56 bits per heavy atom. The highest BCUT2D eigenvalue weighted by molar-refractivity contribution is 6.31. The Morgan fingerprint density at radius 2 is 1.76 bits per heavy atom. The molecule has 0 spiro atoms. The molecule has 1 aliphatic rings. The van der Waals surface area contributed by atoms with Gasteiger partial charge in [0.2, 0.25) is 0 Å². The van der Waals surface area contributed by atoms with E-state index >= 15 is 0 Å². The van der Waals surface area contributed by atoms with Gasteiger partial charge in [-0.25, -0.2) is 4.99 Å². The monoisotopic (exact) mass is 468 g/mol. The first-order valence-corrected chi connectivity index (χ1v) is 11.1. The normalized spacial score (nSPS) is 12.5. The zero-order valence-corrected chi connectivity index (χ0v) is 19.2. The number of amidine groups is 1. The number of benzene rings is 3. The number of halogens is 1. The van der Waals surface area contributed by atoms with Crippen molar-refractivity contribution >= 4 is 28.8 Å². The quantitative estimate of drug-likeness (QED) is 0.391. The molecule has 1 aliphatic heterocycles. The highest BCUT2D eigenvalue weighted by Gasteiger charge is 2.19. The third kappa shape index (κ3) is 4.63. The van der Waals surface area contributed by atoms with E-state index in [0.717, 1.165) is 27.9 Å². The van der Waals surface area contributed by atoms with Crippen molar-refractivity contribution in [1.29, 1.82) is 0 Å². The Bertz CT molecular complexity index is 1370. The molecule has 0 radical (unpaired) electrons. The van der Waals surface area contributed by atoms with E-state index in [1.807, 2.05) is 78.9 Å². The van der Waals surface area contributed by atoms with Crippen molar-refractivity contribution in [3.05, 3.63) is 119 Å². The third-order valence-corrected chi connectivity index (χ3v) is 5.56. The van der Waals surface area contributed by atoms with Crippen LogP contribution in [0.2, 0.25) is 5.02 Å². The summed E-state index contributed by atoms with van der Waals surface area (Å²) in [7, 11) is 1.62. The SMILES string of the molecule is COc1cc(C2=NNC(c3cccnc3)=Nc3ccc(Cl)cc32)ccc1OCc1ccccc1. The molecule has 3 aromatic carbocycles. The predicted octanol–water partition coefficient (Wildman–Crippen LogP) is 5.76. The van der Waals surface area contributed by atoms with Gasteiger partial charge in [-0.3, -0.25) is 10.4 Å². The van der Waals surface area contributed by atoms with E-state index in [2.05, 4.69) is 15.5 Å². The lowest BCUT2D eigenvalue weighted by molar-refractivity contribution is 0.284. The van der Waals surface area contributed by atoms with Crippen molar-refractivity contribution < 1.29 is 9.47 Å². The smallest absolute Gasteiger partial charge is 0.161 e. The molecule has 0 bridgehead atoms. The van der Waals surface area contributed by atoms with Gasteiger partial charge < -0.3 is 9.47 Å².